The molecule has 0 saturated heterocycles. The second-order valence-electron chi connectivity index (χ2n) is 6.06. The van der Waals surface area contributed by atoms with Gasteiger partial charge in [0.05, 0.1) is 6.04 Å². The molecule has 2 aromatic carbocycles. The van der Waals surface area contributed by atoms with Crippen molar-refractivity contribution in [1.82, 2.24) is 10.3 Å². The zero-order valence-corrected chi connectivity index (χ0v) is 13.8. The van der Waals surface area contributed by atoms with E-state index in [0.717, 1.165) is 13.0 Å². The Hall–Kier alpha value is -1.77. The maximum atomic E-state index is 3.68. The fourth-order valence-electron chi connectivity index (χ4n) is 3.52. The molecule has 0 radical (unpaired) electrons. The van der Waals surface area contributed by atoms with Crippen molar-refractivity contribution in [2.75, 3.05) is 6.54 Å². The van der Waals surface area contributed by atoms with Gasteiger partial charge in [0.2, 0.25) is 0 Å². The average Bonchev–Trinajstić information content (AvgIpc) is 2.86. The molecule has 0 aliphatic carbocycles. The molecule has 22 heavy (non-hydrogen) atoms. The van der Waals surface area contributed by atoms with Crippen molar-refractivity contribution in [2.45, 2.75) is 26.3 Å². The Labute approximate surface area is 137 Å². The van der Waals surface area contributed by atoms with Crippen molar-refractivity contribution >= 4 is 23.3 Å². The van der Waals surface area contributed by atoms with Gasteiger partial charge in [0.25, 0.3) is 0 Å². The molecule has 0 spiro atoms. The summed E-state index contributed by atoms with van der Waals surface area (Å²) >= 11 is 0. The molecule has 0 fully saturated rings. The Kier molecular flexibility index (Phi) is 3.98. The van der Waals surface area contributed by atoms with Crippen LogP contribution in [0.25, 0.3) is 10.9 Å². The van der Waals surface area contributed by atoms with Gasteiger partial charge in [0.1, 0.15) is 0 Å². The Morgan fingerprint density at radius 2 is 1.86 bits per heavy atom. The third kappa shape index (κ3) is 2.33. The van der Waals surface area contributed by atoms with E-state index in [-0.39, 0.29) is 18.4 Å². The van der Waals surface area contributed by atoms with Crippen molar-refractivity contribution in [1.29, 1.82) is 0 Å². The first kappa shape index (κ1) is 15.1. The fraction of sp³-hybridized carbons (Fsp3) is 0.263. The van der Waals surface area contributed by atoms with E-state index in [4.69, 9.17) is 0 Å². The lowest BCUT2D eigenvalue weighted by Gasteiger charge is -2.26. The van der Waals surface area contributed by atoms with Gasteiger partial charge < -0.3 is 10.3 Å². The van der Waals surface area contributed by atoms with Crippen LogP contribution in [0.4, 0.5) is 0 Å². The first-order valence-electron chi connectivity index (χ1n) is 7.64. The first-order valence-corrected chi connectivity index (χ1v) is 7.64. The van der Waals surface area contributed by atoms with Crippen LogP contribution in [0.5, 0.6) is 0 Å². The summed E-state index contributed by atoms with van der Waals surface area (Å²) in [6.45, 7) is 5.39. The van der Waals surface area contributed by atoms with Gasteiger partial charge in [-0.2, -0.15) is 0 Å². The normalized spacial score (nSPS) is 17.1. The van der Waals surface area contributed by atoms with Gasteiger partial charge >= 0.3 is 0 Å². The van der Waals surface area contributed by atoms with E-state index in [0.29, 0.717) is 0 Å². The van der Waals surface area contributed by atoms with Crippen LogP contribution >= 0.6 is 12.4 Å². The number of aryl methyl sites for hydroxylation is 2. The fourth-order valence-corrected chi connectivity index (χ4v) is 3.52. The zero-order valence-electron chi connectivity index (χ0n) is 12.9. The first-order chi connectivity index (χ1) is 10.2. The minimum atomic E-state index is 0. The quantitative estimate of drug-likeness (QED) is 0.683. The number of fused-ring (bicyclic) bond motifs is 3. The molecule has 1 atom stereocenters. The molecule has 1 aliphatic heterocycles. The van der Waals surface area contributed by atoms with E-state index in [9.17, 15) is 0 Å². The van der Waals surface area contributed by atoms with Gasteiger partial charge in [-0.15, -0.1) is 12.4 Å². The summed E-state index contributed by atoms with van der Waals surface area (Å²) in [4.78, 5) is 3.66. The second-order valence-corrected chi connectivity index (χ2v) is 6.06. The van der Waals surface area contributed by atoms with Crippen LogP contribution in [0, 0.1) is 13.8 Å². The van der Waals surface area contributed by atoms with Gasteiger partial charge in [-0.1, -0.05) is 35.9 Å². The lowest BCUT2D eigenvalue weighted by atomic mass is 9.92. The summed E-state index contributed by atoms with van der Waals surface area (Å²) in [5.74, 6) is 0. The Morgan fingerprint density at radius 3 is 2.68 bits per heavy atom. The number of hydrogen-bond acceptors (Lipinski definition) is 1. The van der Waals surface area contributed by atoms with Crippen molar-refractivity contribution in [3.63, 3.8) is 0 Å². The number of nitrogens with one attached hydrogen (secondary N) is 2. The maximum absolute atomic E-state index is 3.68. The van der Waals surface area contributed by atoms with Crippen molar-refractivity contribution < 1.29 is 0 Å². The van der Waals surface area contributed by atoms with Crippen LogP contribution in [-0.2, 0) is 6.42 Å². The van der Waals surface area contributed by atoms with E-state index in [1.807, 2.05) is 0 Å². The third-order valence-electron chi connectivity index (χ3n) is 4.61. The van der Waals surface area contributed by atoms with Crippen LogP contribution < -0.4 is 5.32 Å². The molecule has 114 valence electrons. The Balaban J connectivity index is 0.00000144. The summed E-state index contributed by atoms with van der Waals surface area (Å²) in [6.07, 6.45) is 1.10. The van der Waals surface area contributed by atoms with Gasteiger partial charge in [-0.05, 0) is 49.1 Å². The number of H-pyrrole nitrogens is 1. The SMILES string of the molecule is Cc1ccc2[nH]c3c(c2c1)CCNC3c1ccccc1C.Cl. The molecule has 2 N–H and O–H groups in total. The molecular formula is C19H21ClN2. The summed E-state index contributed by atoms with van der Waals surface area (Å²) in [6, 6.07) is 15.6. The van der Waals surface area contributed by atoms with Gasteiger partial charge in [0, 0.05) is 23.1 Å². The van der Waals surface area contributed by atoms with E-state index >= 15 is 0 Å². The molecule has 0 saturated carbocycles. The maximum Gasteiger partial charge on any atom is 0.0734 e. The number of hydrogen-bond donors (Lipinski definition) is 2. The summed E-state index contributed by atoms with van der Waals surface area (Å²) in [5, 5.41) is 5.07. The van der Waals surface area contributed by atoms with Crippen LogP contribution in [-0.4, -0.2) is 11.5 Å². The number of aromatic amines is 1. The van der Waals surface area contributed by atoms with Crippen LogP contribution in [0.3, 0.4) is 0 Å². The number of rotatable bonds is 1. The highest BCUT2D eigenvalue weighted by Crippen LogP contribution is 2.34. The zero-order chi connectivity index (χ0) is 14.4. The largest absolute Gasteiger partial charge is 0.357 e. The third-order valence-corrected chi connectivity index (χ3v) is 4.61. The lowest BCUT2D eigenvalue weighted by molar-refractivity contribution is 0.558. The van der Waals surface area contributed by atoms with E-state index in [1.54, 1.807) is 0 Å². The topological polar surface area (TPSA) is 27.8 Å². The molecule has 2 heterocycles. The van der Waals surface area contributed by atoms with Gasteiger partial charge in [-0.25, -0.2) is 0 Å². The molecule has 1 aromatic heterocycles. The molecule has 1 aliphatic rings. The van der Waals surface area contributed by atoms with E-state index in [1.165, 1.54) is 38.9 Å². The molecular weight excluding hydrogens is 292 g/mol. The smallest absolute Gasteiger partial charge is 0.0734 e. The molecule has 3 heteroatoms. The van der Waals surface area contributed by atoms with E-state index in [2.05, 4.69) is 66.6 Å². The predicted molar refractivity (Wildman–Crippen MR) is 95.0 cm³/mol. The van der Waals surface area contributed by atoms with Crippen LogP contribution in [0.1, 0.15) is 34.0 Å². The Bertz CT molecular complexity index is 819. The molecule has 3 aromatic rings. The van der Waals surface area contributed by atoms with Gasteiger partial charge in [-0.3, -0.25) is 0 Å². The monoisotopic (exact) mass is 312 g/mol. The number of halogens is 1. The average molecular weight is 313 g/mol. The molecule has 1 unspecified atom stereocenters. The molecule has 2 nitrogen and oxygen atoms in total. The molecule has 0 bridgehead atoms. The van der Waals surface area contributed by atoms with Gasteiger partial charge in [0.15, 0.2) is 0 Å². The summed E-state index contributed by atoms with van der Waals surface area (Å²) in [7, 11) is 0. The Morgan fingerprint density at radius 1 is 1.05 bits per heavy atom. The summed E-state index contributed by atoms with van der Waals surface area (Å²) in [5.41, 5.74) is 8.14. The number of aromatic nitrogens is 1. The number of benzene rings is 2. The molecule has 4 rings (SSSR count). The highest BCUT2D eigenvalue weighted by molar-refractivity contribution is 5.86. The minimum Gasteiger partial charge on any atom is -0.357 e. The van der Waals surface area contributed by atoms with Crippen molar-refractivity contribution in [2.24, 2.45) is 0 Å². The van der Waals surface area contributed by atoms with Crippen LogP contribution in [0.2, 0.25) is 0 Å². The highest BCUT2D eigenvalue weighted by Gasteiger charge is 2.25. The standard InChI is InChI=1S/C19H20N2.ClH/c1-12-7-8-17-16(11-12)15-9-10-20-18(19(15)21-17)14-6-4-3-5-13(14)2;/h3-8,11,18,20-21H,9-10H2,1-2H3;1H. The van der Waals surface area contributed by atoms with E-state index < -0.39 is 0 Å². The predicted octanol–water partition coefficient (Wildman–Crippen LogP) is 4.44. The van der Waals surface area contributed by atoms with Crippen molar-refractivity contribution in [3.05, 3.63) is 70.4 Å². The minimum absolute atomic E-state index is 0. The highest BCUT2D eigenvalue weighted by atomic mass is 35.5. The summed E-state index contributed by atoms with van der Waals surface area (Å²) < 4.78 is 0. The lowest BCUT2D eigenvalue weighted by Crippen LogP contribution is -2.30. The van der Waals surface area contributed by atoms with Crippen molar-refractivity contribution in [3.8, 4) is 0 Å². The second kappa shape index (κ2) is 5.79. The van der Waals surface area contributed by atoms with Crippen LogP contribution in [0.15, 0.2) is 42.5 Å². The molecule has 0 amide bonds.